The lowest BCUT2D eigenvalue weighted by atomic mass is 9.73. The van der Waals surface area contributed by atoms with Crippen molar-refractivity contribution in [2.24, 2.45) is 0 Å². The lowest BCUT2D eigenvalue weighted by Crippen LogP contribution is -2.63. The summed E-state index contributed by atoms with van der Waals surface area (Å²) in [7, 11) is 1.38. The summed E-state index contributed by atoms with van der Waals surface area (Å²) in [6.07, 6.45) is 0. The van der Waals surface area contributed by atoms with E-state index < -0.39 is 28.0 Å². The SMILES string of the molecule is CN1C(=O)[C@@](O)([C@]2(c3ccc(O)cc3)OCCOC2=O)c2cc([N+](=O)[O-])ccc21. The molecule has 2 N–H and O–H groups in total. The van der Waals surface area contributed by atoms with Gasteiger partial charge in [0.1, 0.15) is 12.4 Å². The van der Waals surface area contributed by atoms with Crippen LogP contribution in [0.3, 0.4) is 0 Å². The molecular formula is C19H16N2O8. The highest BCUT2D eigenvalue weighted by atomic mass is 16.6. The van der Waals surface area contributed by atoms with Crippen LogP contribution in [0, 0.1) is 10.1 Å². The average molecular weight is 400 g/mol. The number of nitrogens with zero attached hydrogens (tertiary/aromatic N) is 2. The van der Waals surface area contributed by atoms with Gasteiger partial charge in [0, 0.05) is 24.7 Å². The van der Waals surface area contributed by atoms with Gasteiger partial charge in [-0.2, -0.15) is 0 Å². The largest absolute Gasteiger partial charge is 0.508 e. The standard InChI is InChI=1S/C19H16N2O8/c1-20-15-7-4-12(21(26)27)10-14(15)18(25,16(20)23)19(17(24)28-8-9-29-19)11-2-5-13(22)6-3-11/h2-7,10,22,25H,8-9H2,1H3/t18-,19-/m1/s1. The summed E-state index contributed by atoms with van der Waals surface area (Å²) >= 11 is 0. The molecule has 2 heterocycles. The topological polar surface area (TPSA) is 139 Å². The van der Waals surface area contributed by atoms with Crippen molar-refractivity contribution in [1.82, 2.24) is 0 Å². The minimum atomic E-state index is -2.63. The molecule has 2 aromatic carbocycles. The first-order valence-corrected chi connectivity index (χ1v) is 8.63. The fraction of sp³-hybridized carbons (Fsp3) is 0.263. The molecule has 10 nitrogen and oxygen atoms in total. The Hall–Kier alpha value is -3.50. The van der Waals surface area contributed by atoms with Gasteiger partial charge in [0.05, 0.1) is 17.2 Å². The molecule has 2 aromatic rings. The van der Waals surface area contributed by atoms with Gasteiger partial charge in [-0.15, -0.1) is 0 Å². The number of nitro groups is 1. The molecule has 2 aliphatic rings. The third-order valence-electron chi connectivity index (χ3n) is 5.26. The van der Waals surface area contributed by atoms with Gasteiger partial charge in [0.15, 0.2) is 0 Å². The van der Waals surface area contributed by atoms with Crippen molar-refractivity contribution in [2.45, 2.75) is 11.2 Å². The smallest absolute Gasteiger partial charge is 0.347 e. The zero-order chi connectivity index (χ0) is 21.0. The molecule has 0 unspecified atom stereocenters. The van der Waals surface area contributed by atoms with Crippen LogP contribution in [0.5, 0.6) is 5.75 Å². The predicted molar refractivity (Wildman–Crippen MR) is 97.1 cm³/mol. The third-order valence-corrected chi connectivity index (χ3v) is 5.26. The normalized spacial score (nSPS) is 26.2. The number of non-ortho nitro benzene ring substituents is 1. The molecule has 0 spiro atoms. The Morgan fingerprint density at radius 1 is 1.14 bits per heavy atom. The van der Waals surface area contributed by atoms with Crippen molar-refractivity contribution < 1.29 is 34.2 Å². The van der Waals surface area contributed by atoms with Crippen molar-refractivity contribution >= 4 is 23.3 Å². The number of phenols is 1. The molecule has 10 heteroatoms. The Morgan fingerprint density at radius 3 is 2.45 bits per heavy atom. The lowest BCUT2D eigenvalue weighted by molar-refractivity contribution is -0.385. The molecule has 1 amide bonds. The number of benzene rings is 2. The maximum absolute atomic E-state index is 13.2. The van der Waals surface area contributed by atoms with Gasteiger partial charge in [-0.05, 0) is 23.8 Å². The first kappa shape index (κ1) is 18.8. The molecule has 0 aromatic heterocycles. The molecule has 0 radical (unpaired) electrons. The number of aliphatic hydroxyl groups is 1. The summed E-state index contributed by atoms with van der Waals surface area (Å²) in [5, 5.41) is 32.6. The van der Waals surface area contributed by atoms with Crippen LogP contribution in [0.1, 0.15) is 11.1 Å². The van der Waals surface area contributed by atoms with Gasteiger partial charge in [-0.1, -0.05) is 12.1 Å². The molecule has 2 aliphatic heterocycles. The quantitative estimate of drug-likeness (QED) is 0.441. The van der Waals surface area contributed by atoms with E-state index in [9.17, 15) is 29.9 Å². The van der Waals surface area contributed by atoms with Crippen LogP contribution in [0.25, 0.3) is 0 Å². The number of ether oxygens (including phenoxy) is 2. The predicted octanol–water partition coefficient (Wildman–Crippen LogP) is 0.933. The van der Waals surface area contributed by atoms with Gasteiger partial charge in [0.2, 0.25) is 11.2 Å². The van der Waals surface area contributed by atoms with Crippen LogP contribution in [0.2, 0.25) is 0 Å². The number of fused-ring (bicyclic) bond motifs is 1. The summed E-state index contributed by atoms with van der Waals surface area (Å²) in [5.74, 6) is -2.02. The number of cyclic esters (lactones) is 1. The number of likely N-dealkylation sites (N-methyl/N-ethyl adjacent to an activating group) is 1. The van der Waals surface area contributed by atoms with Crippen molar-refractivity contribution in [3.8, 4) is 5.75 Å². The highest BCUT2D eigenvalue weighted by molar-refractivity contribution is 6.11. The number of phenolic OH excluding ortho intramolecular Hbond substituents is 1. The molecule has 2 atom stereocenters. The van der Waals surface area contributed by atoms with E-state index >= 15 is 0 Å². The van der Waals surface area contributed by atoms with E-state index in [-0.39, 0.29) is 41.5 Å². The zero-order valence-electron chi connectivity index (χ0n) is 15.2. The molecule has 0 aliphatic carbocycles. The number of carbonyl (C=O) groups is 2. The highest BCUT2D eigenvalue weighted by Crippen LogP contribution is 2.54. The van der Waals surface area contributed by atoms with Crippen molar-refractivity contribution in [3.63, 3.8) is 0 Å². The number of aromatic hydroxyl groups is 1. The van der Waals surface area contributed by atoms with E-state index in [4.69, 9.17) is 9.47 Å². The van der Waals surface area contributed by atoms with Crippen LogP contribution in [-0.4, -0.2) is 47.3 Å². The Kier molecular flexibility index (Phi) is 4.07. The van der Waals surface area contributed by atoms with Crippen LogP contribution >= 0.6 is 0 Å². The fourth-order valence-corrected chi connectivity index (χ4v) is 3.88. The van der Waals surface area contributed by atoms with Crippen LogP contribution in [0.4, 0.5) is 11.4 Å². The molecule has 1 saturated heterocycles. The van der Waals surface area contributed by atoms with E-state index in [2.05, 4.69) is 0 Å². The Morgan fingerprint density at radius 2 is 1.83 bits per heavy atom. The monoisotopic (exact) mass is 400 g/mol. The summed E-state index contributed by atoms with van der Waals surface area (Å²) in [5.41, 5.74) is -5.20. The molecule has 1 fully saturated rings. The van der Waals surface area contributed by atoms with Gasteiger partial charge in [0.25, 0.3) is 11.6 Å². The number of esters is 1. The number of carbonyl (C=O) groups excluding carboxylic acids is 2. The summed E-state index contributed by atoms with van der Waals surface area (Å²) in [4.78, 5) is 37.9. The fourth-order valence-electron chi connectivity index (χ4n) is 3.88. The van der Waals surface area contributed by atoms with Gasteiger partial charge < -0.3 is 24.6 Å². The molecule has 0 saturated carbocycles. The maximum atomic E-state index is 13.2. The van der Waals surface area contributed by atoms with E-state index in [1.807, 2.05) is 0 Å². The number of hydrogen-bond donors (Lipinski definition) is 2. The minimum Gasteiger partial charge on any atom is -0.508 e. The third kappa shape index (κ3) is 2.36. The Bertz CT molecular complexity index is 1040. The highest BCUT2D eigenvalue weighted by Gasteiger charge is 2.70. The number of nitro benzene ring substituents is 1. The molecule has 4 rings (SSSR count). The first-order valence-electron chi connectivity index (χ1n) is 8.63. The summed E-state index contributed by atoms with van der Waals surface area (Å²) in [6.45, 7) is -0.198. The van der Waals surface area contributed by atoms with Crippen molar-refractivity contribution in [2.75, 3.05) is 25.2 Å². The van der Waals surface area contributed by atoms with E-state index in [0.717, 1.165) is 11.0 Å². The zero-order valence-corrected chi connectivity index (χ0v) is 15.2. The average Bonchev–Trinajstić information content (AvgIpc) is 2.91. The number of rotatable bonds is 3. The van der Waals surface area contributed by atoms with Crippen LogP contribution in [0.15, 0.2) is 42.5 Å². The summed E-state index contributed by atoms with van der Waals surface area (Å²) < 4.78 is 10.9. The van der Waals surface area contributed by atoms with Crippen LogP contribution < -0.4 is 4.90 Å². The lowest BCUT2D eigenvalue weighted by Gasteiger charge is -2.43. The number of anilines is 1. The second-order valence-electron chi connectivity index (χ2n) is 6.75. The maximum Gasteiger partial charge on any atom is 0.347 e. The van der Waals surface area contributed by atoms with Gasteiger partial charge in [-0.25, -0.2) is 4.79 Å². The first-order chi connectivity index (χ1) is 13.7. The number of hydrogen-bond acceptors (Lipinski definition) is 8. The molecular weight excluding hydrogens is 384 g/mol. The van der Waals surface area contributed by atoms with Crippen LogP contribution in [-0.2, 0) is 30.3 Å². The molecule has 0 bridgehead atoms. The van der Waals surface area contributed by atoms with Crippen molar-refractivity contribution in [1.29, 1.82) is 0 Å². The second-order valence-corrected chi connectivity index (χ2v) is 6.75. The molecule has 150 valence electrons. The number of amides is 1. The Balaban J connectivity index is 2.04. The molecule has 29 heavy (non-hydrogen) atoms. The van der Waals surface area contributed by atoms with E-state index in [0.29, 0.717) is 0 Å². The van der Waals surface area contributed by atoms with E-state index in [1.165, 1.54) is 43.4 Å². The van der Waals surface area contributed by atoms with Gasteiger partial charge in [-0.3, -0.25) is 14.9 Å². The van der Waals surface area contributed by atoms with E-state index in [1.54, 1.807) is 0 Å². The second kappa shape index (κ2) is 6.26. The minimum absolute atomic E-state index is 0.0589. The van der Waals surface area contributed by atoms with Crippen molar-refractivity contribution in [3.05, 3.63) is 63.7 Å². The Labute approximate surface area is 164 Å². The van der Waals surface area contributed by atoms with Gasteiger partial charge >= 0.3 is 5.97 Å². The summed E-state index contributed by atoms with van der Waals surface area (Å²) in [6, 6.07) is 8.74.